The molecule has 45 heavy (non-hydrogen) atoms. The number of benzene rings is 7. The van der Waals surface area contributed by atoms with Crippen molar-refractivity contribution in [2.45, 2.75) is 0 Å². The molecule has 0 radical (unpaired) electrons. The third-order valence-electron chi connectivity index (χ3n) is 8.67. The van der Waals surface area contributed by atoms with E-state index in [0.717, 1.165) is 39.0 Å². The smallest absolute Gasteiger partial charge is 0.144 e. The summed E-state index contributed by atoms with van der Waals surface area (Å²) >= 11 is 1.84. The van der Waals surface area contributed by atoms with Crippen molar-refractivity contribution in [3.8, 4) is 22.3 Å². The van der Waals surface area contributed by atoms with Crippen LogP contribution in [0.3, 0.4) is 0 Å². The summed E-state index contributed by atoms with van der Waals surface area (Å²) in [5.41, 5.74) is 10.1. The van der Waals surface area contributed by atoms with E-state index in [1.54, 1.807) is 0 Å². The Morgan fingerprint density at radius 2 is 1.00 bits per heavy atom. The van der Waals surface area contributed by atoms with Crippen LogP contribution in [0.25, 0.3) is 64.4 Å². The normalized spacial score (nSPS) is 11.6. The minimum Gasteiger partial charge on any atom is -0.455 e. The number of rotatable bonds is 5. The van der Waals surface area contributed by atoms with Gasteiger partial charge >= 0.3 is 0 Å². The first-order valence-corrected chi connectivity index (χ1v) is 16.0. The molecule has 2 nitrogen and oxygen atoms in total. The van der Waals surface area contributed by atoms with Crippen LogP contribution in [0.15, 0.2) is 168 Å². The molecule has 7 aromatic carbocycles. The summed E-state index contributed by atoms with van der Waals surface area (Å²) in [6, 6.07) is 58.3. The molecule has 0 aliphatic rings. The largest absolute Gasteiger partial charge is 0.455 e. The molecule has 0 spiro atoms. The third kappa shape index (κ3) is 4.32. The van der Waals surface area contributed by atoms with Crippen molar-refractivity contribution in [1.82, 2.24) is 0 Å². The monoisotopic (exact) mass is 593 g/mol. The fourth-order valence-electron chi connectivity index (χ4n) is 6.53. The van der Waals surface area contributed by atoms with Crippen molar-refractivity contribution < 1.29 is 4.42 Å². The first kappa shape index (κ1) is 25.8. The lowest BCUT2D eigenvalue weighted by molar-refractivity contribution is 0.673. The Labute approximate surface area is 265 Å². The summed E-state index contributed by atoms with van der Waals surface area (Å²) in [5.74, 6) is 0. The molecule has 3 heteroatoms. The number of nitrogens with zero attached hydrogens (tertiary/aromatic N) is 1. The molecular formula is C42H27NOS. The zero-order valence-corrected chi connectivity index (χ0v) is 25.2. The Morgan fingerprint density at radius 3 is 1.73 bits per heavy atom. The van der Waals surface area contributed by atoms with Crippen molar-refractivity contribution in [3.05, 3.63) is 164 Å². The molecular weight excluding hydrogens is 567 g/mol. The summed E-state index contributed by atoms with van der Waals surface area (Å²) in [4.78, 5) is 2.32. The molecule has 212 valence electrons. The van der Waals surface area contributed by atoms with Crippen molar-refractivity contribution in [2.75, 3.05) is 4.90 Å². The van der Waals surface area contributed by atoms with Gasteiger partial charge in [0.2, 0.25) is 0 Å². The highest BCUT2D eigenvalue weighted by atomic mass is 32.1. The first-order valence-electron chi connectivity index (χ1n) is 15.2. The van der Waals surface area contributed by atoms with E-state index >= 15 is 0 Å². The summed E-state index contributed by atoms with van der Waals surface area (Å²) in [7, 11) is 0. The van der Waals surface area contributed by atoms with E-state index in [0.29, 0.717) is 0 Å². The van der Waals surface area contributed by atoms with Gasteiger partial charge in [-0.1, -0.05) is 109 Å². The molecule has 0 saturated heterocycles. The van der Waals surface area contributed by atoms with Gasteiger partial charge in [0.1, 0.15) is 11.2 Å². The predicted octanol–water partition coefficient (Wildman–Crippen LogP) is 12.8. The maximum atomic E-state index is 6.51. The van der Waals surface area contributed by atoms with E-state index in [2.05, 4.69) is 163 Å². The number of anilines is 3. The number of fused-ring (bicyclic) bond motifs is 7. The Bertz CT molecular complexity index is 2460. The van der Waals surface area contributed by atoms with E-state index in [-0.39, 0.29) is 0 Å². The van der Waals surface area contributed by atoms with Crippen LogP contribution in [0.2, 0.25) is 0 Å². The maximum Gasteiger partial charge on any atom is 0.144 e. The lowest BCUT2D eigenvalue weighted by Gasteiger charge is -2.26. The molecule has 9 rings (SSSR count). The van der Waals surface area contributed by atoms with Crippen LogP contribution in [0.1, 0.15) is 0 Å². The molecule has 0 saturated carbocycles. The fraction of sp³-hybridized carbons (Fsp3) is 0. The van der Waals surface area contributed by atoms with E-state index in [1.807, 2.05) is 17.4 Å². The molecule has 0 unspecified atom stereocenters. The van der Waals surface area contributed by atoms with Gasteiger partial charge in [0.15, 0.2) is 0 Å². The molecule has 9 aromatic rings. The standard InChI is InChI=1S/C42H27NOS/c1-3-11-28(12-4-1)29-19-23-32(24-20-29)43(31-13-5-2-6-14-31)33-25-21-30(22-26-33)36-27-37-34-15-7-9-17-38(34)44-41(37)40-35-16-8-10-18-39(35)45-42(36)40/h1-27H. The Balaban J connectivity index is 1.19. The average molecular weight is 594 g/mol. The summed E-state index contributed by atoms with van der Waals surface area (Å²) in [6.45, 7) is 0. The van der Waals surface area contributed by atoms with Gasteiger partial charge in [0.25, 0.3) is 0 Å². The van der Waals surface area contributed by atoms with Gasteiger partial charge in [-0.15, -0.1) is 11.3 Å². The second kappa shape index (κ2) is 10.5. The minimum absolute atomic E-state index is 0.924. The van der Waals surface area contributed by atoms with Crippen LogP contribution in [0.5, 0.6) is 0 Å². The van der Waals surface area contributed by atoms with E-state index in [4.69, 9.17) is 4.42 Å². The van der Waals surface area contributed by atoms with Crippen molar-refractivity contribution >= 4 is 70.5 Å². The molecule has 0 amide bonds. The van der Waals surface area contributed by atoms with E-state index in [9.17, 15) is 0 Å². The summed E-state index contributed by atoms with van der Waals surface area (Å²) in [5, 5.41) is 4.75. The molecule has 2 heterocycles. The highest BCUT2D eigenvalue weighted by Gasteiger charge is 2.20. The topological polar surface area (TPSA) is 16.4 Å². The number of para-hydroxylation sites is 2. The molecule has 2 aromatic heterocycles. The summed E-state index contributed by atoms with van der Waals surface area (Å²) in [6.07, 6.45) is 0. The zero-order chi connectivity index (χ0) is 29.7. The minimum atomic E-state index is 0.924. The molecule has 0 atom stereocenters. The zero-order valence-electron chi connectivity index (χ0n) is 24.4. The highest BCUT2D eigenvalue weighted by Crippen LogP contribution is 2.47. The van der Waals surface area contributed by atoms with Crippen molar-refractivity contribution in [1.29, 1.82) is 0 Å². The molecule has 0 aliphatic carbocycles. The van der Waals surface area contributed by atoms with Crippen molar-refractivity contribution in [2.24, 2.45) is 0 Å². The lowest BCUT2D eigenvalue weighted by Crippen LogP contribution is -2.09. The molecule has 0 fully saturated rings. The Hall–Kier alpha value is -5.64. The Kier molecular flexibility index (Phi) is 6.03. The SMILES string of the molecule is c1ccc(-c2ccc(N(c3ccccc3)c3ccc(-c4cc5c6ccccc6oc5c5c4sc4ccccc45)cc3)cc2)cc1. The van der Waals surface area contributed by atoms with Gasteiger partial charge in [0.05, 0.1) is 0 Å². The van der Waals surface area contributed by atoms with Gasteiger partial charge in [-0.05, 0) is 71.3 Å². The average Bonchev–Trinajstić information content (AvgIpc) is 3.68. The van der Waals surface area contributed by atoms with Gasteiger partial charge in [0, 0.05) is 53.6 Å². The van der Waals surface area contributed by atoms with Gasteiger partial charge in [-0.3, -0.25) is 0 Å². The van der Waals surface area contributed by atoms with Crippen LogP contribution in [-0.2, 0) is 0 Å². The van der Waals surface area contributed by atoms with Crippen LogP contribution >= 0.6 is 11.3 Å². The number of thiophene rings is 1. The van der Waals surface area contributed by atoms with Crippen LogP contribution in [-0.4, -0.2) is 0 Å². The highest BCUT2D eigenvalue weighted by molar-refractivity contribution is 7.26. The predicted molar refractivity (Wildman–Crippen MR) is 192 cm³/mol. The second-order valence-electron chi connectivity index (χ2n) is 11.3. The molecule has 0 bridgehead atoms. The second-order valence-corrected chi connectivity index (χ2v) is 12.4. The number of hydrogen-bond acceptors (Lipinski definition) is 3. The quantitative estimate of drug-likeness (QED) is 0.197. The van der Waals surface area contributed by atoms with E-state index in [1.165, 1.54) is 42.4 Å². The molecule has 0 N–H and O–H groups in total. The number of hydrogen-bond donors (Lipinski definition) is 0. The van der Waals surface area contributed by atoms with Gasteiger partial charge < -0.3 is 9.32 Å². The van der Waals surface area contributed by atoms with Crippen LogP contribution in [0.4, 0.5) is 17.1 Å². The van der Waals surface area contributed by atoms with E-state index < -0.39 is 0 Å². The fourth-order valence-corrected chi connectivity index (χ4v) is 7.77. The van der Waals surface area contributed by atoms with Gasteiger partial charge in [-0.25, -0.2) is 0 Å². The van der Waals surface area contributed by atoms with Crippen LogP contribution < -0.4 is 4.90 Å². The Morgan fingerprint density at radius 1 is 0.444 bits per heavy atom. The van der Waals surface area contributed by atoms with Gasteiger partial charge in [-0.2, -0.15) is 0 Å². The first-order chi connectivity index (χ1) is 22.3. The maximum absolute atomic E-state index is 6.51. The molecule has 0 aliphatic heterocycles. The lowest BCUT2D eigenvalue weighted by atomic mass is 9.98. The van der Waals surface area contributed by atoms with Crippen molar-refractivity contribution in [3.63, 3.8) is 0 Å². The third-order valence-corrected chi connectivity index (χ3v) is 9.88. The number of furan rings is 1. The van der Waals surface area contributed by atoms with Crippen LogP contribution in [0, 0.1) is 0 Å². The summed E-state index contributed by atoms with van der Waals surface area (Å²) < 4.78 is 9.04.